The molecule has 2 fully saturated rings. The van der Waals surface area contributed by atoms with Crippen LogP contribution in [0.15, 0.2) is 58.7 Å². The van der Waals surface area contributed by atoms with Crippen LogP contribution >= 0.6 is 11.3 Å². The summed E-state index contributed by atoms with van der Waals surface area (Å²) in [6.45, 7) is 17.4. The molecule has 1 aromatic carbocycles. The third-order valence-corrected chi connectivity index (χ3v) is 11.4. The minimum absolute atomic E-state index is 0.0670. The van der Waals surface area contributed by atoms with E-state index in [0.717, 1.165) is 60.0 Å². The van der Waals surface area contributed by atoms with E-state index in [1.165, 1.54) is 4.90 Å². The number of hydrogen-bond donors (Lipinski definition) is 2. The van der Waals surface area contributed by atoms with Crippen LogP contribution in [0.1, 0.15) is 68.7 Å². The zero-order valence-corrected chi connectivity index (χ0v) is 32.9. The number of piperazine rings is 1. The summed E-state index contributed by atoms with van der Waals surface area (Å²) in [7, 11) is 0. The lowest BCUT2D eigenvalue weighted by atomic mass is 9.91. The van der Waals surface area contributed by atoms with Gasteiger partial charge in [0.05, 0.1) is 28.2 Å². The van der Waals surface area contributed by atoms with Crippen LogP contribution in [-0.4, -0.2) is 117 Å². The van der Waals surface area contributed by atoms with Crippen molar-refractivity contribution in [2.75, 3.05) is 52.5 Å². The summed E-state index contributed by atoms with van der Waals surface area (Å²) >= 11 is 1.59. The fourth-order valence-corrected chi connectivity index (χ4v) is 8.15. The predicted octanol–water partition coefficient (Wildman–Crippen LogP) is 4.85. The highest BCUT2D eigenvalue weighted by Crippen LogP contribution is 2.33. The molecule has 5 heterocycles. The summed E-state index contributed by atoms with van der Waals surface area (Å²) in [5, 5.41) is 17.8. The number of aliphatic hydroxyl groups excluding tert-OH is 1. The minimum Gasteiger partial charge on any atom is -0.476 e. The van der Waals surface area contributed by atoms with E-state index < -0.39 is 18.1 Å². The molecule has 4 aromatic rings. The molecule has 0 aliphatic carbocycles. The molecule has 3 aromatic heterocycles. The number of carbonyl (C=O) groups excluding carboxylic acids is 2. The van der Waals surface area contributed by atoms with Crippen molar-refractivity contribution >= 4 is 23.2 Å². The van der Waals surface area contributed by atoms with E-state index in [2.05, 4.69) is 37.2 Å². The molecule has 2 saturated heterocycles. The molecule has 2 amide bonds. The standard InChI is InChI=1S/C40H53N7O6S/c1-25(2)37(34-21-36(44-53-34)52-17-15-45-13-14-46(27(4)22-45)16-18-51-35-19-26(3)11-12-41-35)40(50)47-23-32(48)20-33(47)39(49)43-28(5)30-7-9-31(10-8-30)38-29(6)42-24-54-38/h7-12,19,21,24-25,27-28,32-33,37,48H,13-18,20,22-23H2,1-6H3,(H,43,49)/t27-,28+,32-,33+,37-/m1/s1. The summed E-state index contributed by atoms with van der Waals surface area (Å²) in [5.41, 5.74) is 5.96. The van der Waals surface area contributed by atoms with Crippen molar-refractivity contribution in [1.29, 1.82) is 0 Å². The summed E-state index contributed by atoms with van der Waals surface area (Å²) < 4.78 is 17.5. The van der Waals surface area contributed by atoms with E-state index >= 15 is 0 Å². The molecular weight excluding hydrogens is 707 g/mol. The summed E-state index contributed by atoms with van der Waals surface area (Å²) in [5.74, 6) is -0.0908. The topological polar surface area (TPSA) is 146 Å². The molecule has 0 spiro atoms. The number of benzene rings is 1. The van der Waals surface area contributed by atoms with Crippen molar-refractivity contribution in [1.82, 2.24) is 35.1 Å². The predicted molar refractivity (Wildman–Crippen MR) is 206 cm³/mol. The van der Waals surface area contributed by atoms with E-state index in [4.69, 9.17) is 14.0 Å². The highest BCUT2D eigenvalue weighted by Gasteiger charge is 2.43. The van der Waals surface area contributed by atoms with Gasteiger partial charge in [0.1, 0.15) is 25.2 Å². The number of rotatable bonds is 15. The lowest BCUT2D eigenvalue weighted by Gasteiger charge is -2.39. The maximum absolute atomic E-state index is 14.1. The second-order valence-electron chi connectivity index (χ2n) is 14.9. The van der Waals surface area contributed by atoms with E-state index in [-0.39, 0.29) is 36.7 Å². The van der Waals surface area contributed by atoms with Gasteiger partial charge in [-0.25, -0.2) is 9.97 Å². The number of likely N-dealkylation sites (tertiary alicyclic amines) is 1. The maximum atomic E-state index is 14.1. The second kappa shape index (κ2) is 17.8. The van der Waals surface area contributed by atoms with Gasteiger partial charge in [-0.05, 0) is 61.5 Å². The number of β-amino-alcohol motifs (C(OH)–C–C–N with tert-alkyl or cyclic N) is 1. The Hall–Kier alpha value is -4.37. The summed E-state index contributed by atoms with van der Waals surface area (Å²) in [6.07, 6.45) is 1.12. The number of hydrogen-bond acceptors (Lipinski definition) is 12. The van der Waals surface area contributed by atoms with Gasteiger partial charge < -0.3 is 29.3 Å². The zero-order valence-electron chi connectivity index (χ0n) is 32.1. The Balaban J connectivity index is 0.986. The Morgan fingerprint density at radius 2 is 1.76 bits per heavy atom. The number of thiazole rings is 1. The largest absolute Gasteiger partial charge is 0.476 e. The van der Waals surface area contributed by atoms with Crippen LogP contribution in [0.4, 0.5) is 0 Å². The minimum atomic E-state index is -0.811. The molecular formula is C40H53N7O6S. The number of carbonyl (C=O) groups is 2. The molecule has 5 atom stereocenters. The Bertz CT molecular complexity index is 1850. The maximum Gasteiger partial charge on any atom is 0.254 e. The van der Waals surface area contributed by atoms with Crippen molar-refractivity contribution in [2.24, 2.45) is 5.92 Å². The van der Waals surface area contributed by atoms with Crippen LogP contribution in [0.2, 0.25) is 0 Å². The summed E-state index contributed by atoms with van der Waals surface area (Å²) in [6, 6.07) is 12.9. The van der Waals surface area contributed by atoms with Crippen LogP contribution in [-0.2, 0) is 9.59 Å². The van der Waals surface area contributed by atoms with E-state index in [1.54, 1.807) is 23.6 Å². The first-order chi connectivity index (χ1) is 26.0. The van der Waals surface area contributed by atoms with Gasteiger partial charge >= 0.3 is 0 Å². The van der Waals surface area contributed by atoms with Crippen molar-refractivity contribution < 1.29 is 28.7 Å². The van der Waals surface area contributed by atoms with Gasteiger partial charge in [0.15, 0.2) is 5.76 Å². The number of pyridine rings is 1. The molecule has 6 rings (SSSR count). The first kappa shape index (κ1) is 39.3. The third kappa shape index (κ3) is 9.64. The fraction of sp³-hybridized carbons (Fsp3) is 0.525. The van der Waals surface area contributed by atoms with Crippen LogP contribution < -0.4 is 14.8 Å². The average molecular weight is 760 g/mol. The molecule has 54 heavy (non-hydrogen) atoms. The van der Waals surface area contributed by atoms with Crippen molar-refractivity contribution in [3.05, 3.63) is 76.8 Å². The van der Waals surface area contributed by atoms with Gasteiger partial charge in [0, 0.05) is 70.1 Å². The molecule has 2 aliphatic heterocycles. The van der Waals surface area contributed by atoms with Gasteiger partial charge in [0.2, 0.25) is 17.7 Å². The lowest BCUT2D eigenvalue weighted by molar-refractivity contribution is -0.141. The van der Waals surface area contributed by atoms with Gasteiger partial charge in [-0.15, -0.1) is 11.3 Å². The third-order valence-electron chi connectivity index (χ3n) is 10.4. The van der Waals surface area contributed by atoms with Gasteiger partial charge in [-0.2, -0.15) is 0 Å². The molecule has 0 bridgehead atoms. The number of aromatic nitrogens is 3. The number of aryl methyl sites for hydroxylation is 2. The van der Waals surface area contributed by atoms with Crippen LogP contribution in [0.25, 0.3) is 10.4 Å². The number of nitrogens with zero attached hydrogens (tertiary/aromatic N) is 6. The molecule has 14 heteroatoms. The zero-order chi connectivity index (χ0) is 38.4. The highest BCUT2D eigenvalue weighted by molar-refractivity contribution is 7.13. The number of ether oxygens (including phenoxy) is 2. The molecule has 290 valence electrons. The fourth-order valence-electron chi connectivity index (χ4n) is 7.34. The van der Waals surface area contributed by atoms with Crippen LogP contribution in [0, 0.1) is 19.8 Å². The molecule has 0 saturated carbocycles. The van der Waals surface area contributed by atoms with Gasteiger partial charge in [-0.1, -0.05) is 38.1 Å². The smallest absolute Gasteiger partial charge is 0.254 e. The van der Waals surface area contributed by atoms with Crippen molar-refractivity contribution in [3.63, 3.8) is 0 Å². The quantitative estimate of drug-likeness (QED) is 0.172. The SMILES string of the molecule is Cc1ccnc(OCCN2CCN(CCOc3cc([C@H](C(=O)N4C[C@H](O)C[C@H]4C(=O)N[C@@H](C)c4ccc(-c5scnc5C)cc4)C(C)C)on3)C[C@H]2C)c1. The van der Waals surface area contributed by atoms with E-state index in [9.17, 15) is 14.7 Å². The second-order valence-corrected chi connectivity index (χ2v) is 15.7. The van der Waals surface area contributed by atoms with Gasteiger partial charge in [-0.3, -0.25) is 19.4 Å². The molecule has 2 aliphatic rings. The first-order valence-corrected chi connectivity index (χ1v) is 19.7. The highest BCUT2D eigenvalue weighted by atomic mass is 32.1. The van der Waals surface area contributed by atoms with Crippen LogP contribution in [0.5, 0.6) is 11.8 Å². The average Bonchev–Trinajstić information content (AvgIpc) is 3.89. The first-order valence-electron chi connectivity index (χ1n) is 18.9. The molecule has 2 N–H and O–H groups in total. The number of nitrogens with one attached hydrogen (secondary N) is 1. The van der Waals surface area contributed by atoms with E-state index in [1.807, 2.05) is 76.5 Å². The normalized spacial score (nSPS) is 20.6. The lowest BCUT2D eigenvalue weighted by Crippen LogP contribution is -2.53. The Morgan fingerprint density at radius 3 is 2.46 bits per heavy atom. The number of amides is 2. The Labute approximate surface area is 321 Å². The summed E-state index contributed by atoms with van der Waals surface area (Å²) in [4.78, 5) is 43.7. The van der Waals surface area contributed by atoms with Crippen molar-refractivity contribution in [2.45, 2.75) is 78.1 Å². The number of aliphatic hydroxyl groups is 1. The Kier molecular flexibility index (Phi) is 13.0. The van der Waals surface area contributed by atoms with Gasteiger partial charge in [0.25, 0.3) is 5.88 Å². The molecule has 13 nitrogen and oxygen atoms in total. The van der Waals surface area contributed by atoms with E-state index in [0.29, 0.717) is 36.8 Å². The molecule has 0 unspecified atom stereocenters. The molecule has 0 radical (unpaired) electrons. The van der Waals surface area contributed by atoms with Crippen molar-refractivity contribution in [3.8, 4) is 22.2 Å². The monoisotopic (exact) mass is 759 g/mol. The van der Waals surface area contributed by atoms with Crippen LogP contribution in [0.3, 0.4) is 0 Å². The Morgan fingerprint density at radius 1 is 1.00 bits per heavy atom.